The zero-order valence-corrected chi connectivity index (χ0v) is 14.4. The zero-order valence-electron chi connectivity index (χ0n) is 14.4. The lowest BCUT2D eigenvalue weighted by Gasteiger charge is -2.08. The highest BCUT2D eigenvalue weighted by Crippen LogP contribution is 2.19. The summed E-state index contributed by atoms with van der Waals surface area (Å²) in [5.41, 5.74) is 1.64. The minimum absolute atomic E-state index is 0.169. The van der Waals surface area contributed by atoms with E-state index in [2.05, 4.69) is 15.6 Å². The molecule has 132 valence electrons. The van der Waals surface area contributed by atoms with Crippen molar-refractivity contribution >= 4 is 22.7 Å². The van der Waals surface area contributed by atoms with E-state index in [4.69, 9.17) is 4.74 Å². The molecule has 1 heterocycles. The van der Waals surface area contributed by atoms with Crippen LogP contribution in [-0.2, 0) is 0 Å². The quantitative estimate of drug-likeness (QED) is 0.670. The molecule has 0 atom stereocenters. The largest absolute Gasteiger partial charge is 0.497 e. The Kier molecular flexibility index (Phi) is 5.43. The van der Waals surface area contributed by atoms with Gasteiger partial charge in [-0.05, 0) is 36.4 Å². The number of benzene rings is 2. The van der Waals surface area contributed by atoms with Crippen molar-refractivity contribution in [3.05, 3.63) is 71.9 Å². The molecule has 0 saturated heterocycles. The third kappa shape index (κ3) is 4.16. The van der Waals surface area contributed by atoms with Crippen LogP contribution in [0.5, 0.6) is 5.75 Å². The number of nitrogens with one attached hydrogen (secondary N) is 2. The smallest absolute Gasteiger partial charge is 0.269 e. The standard InChI is InChI=1S/C20H19N3O3/c1-26-16-8-10-17-15(13-16)7-9-18(23-17)20(25)22-12-11-21-19(24)14-5-3-2-4-6-14/h2-10,13H,11-12H2,1H3,(H,21,24)(H,22,25). The molecule has 0 bridgehead atoms. The molecule has 26 heavy (non-hydrogen) atoms. The number of ether oxygens (including phenoxy) is 1. The first-order chi connectivity index (χ1) is 12.7. The van der Waals surface area contributed by atoms with Gasteiger partial charge in [-0.2, -0.15) is 0 Å². The van der Waals surface area contributed by atoms with E-state index in [1.807, 2.05) is 24.3 Å². The highest BCUT2D eigenvalue weighted by Gasteiger charge is 2.09. The van der Waals surface area contributed by atoms with Crippen LogP contribution in [0, 0.1) is 0 Å². The second kappa shape index (κ2) is 8.11. The van der Waals surface area contributed by atoms with Gasteiger partial charge in [0.2, 0.25) is 0 Å². The topological polar surface area (TPSA) is 80.3 Å². The van der Waals surface area contributed by atoms with Crippen molar-refractivity contribution in [1.82, 2.24) is 15.6 Å². The summed E-state index contributed by atoms with van der Waals surface area (Å²) in [6.45, 7) is 0.657. The molecule has 2 N–H and O–H groups in total. The Morgan fingerprint density at radius 3 is 2.38 bits per heavy atom. The molecule has 1 aromatic heterocycles. The van der Waals surface area contributed by atoms with E-state index < -0.39 is 0 Å². The van der Waals surface area contributed by atoms with Gasteiger partial charge in [-0.25, -0.2) is 4.98 Å². The molecule has 0 aliphatic carbocycles. The Morgan fingerprint density at radius 2 is 1.65 bits per heavy atom. The normalized spacial score (nSPS) is 10.3. The third-order valence-electron chi connectivity index (χ3n) is 3.86. The summed E-state index contributed by atoms with van der Waals surface area (Å²) in [7, 11) is 1.60. The van der Waals surface area contributed by atoms with Gasteiger partial charge < -0.3 is 15.4 Å². The van der Waals surface area contributed by atoms with Gasteiger partial charge in [-0.3, -0.25) is 9.59 Å². The van der Waals surface area contributed by atoms with Crippen molar-refractivity contribution in [3.63, 3.8) is 0 Å². The molecule has 0 aliphatic rings. The van der Waals surface area contributed by atoms with Crippen LogP contribution in [0.15, 0.2) is 60.7 Å². The first-order valence-corrected chi connectivity index (χ1v) is 8.23. The lowest BCUT2D eigenvalue weighted by molar-refractivity contribution is 0.0925. The van der Waals surface area contributed by atoms with Crippen LogP contribution in [-0.4, -0.2) is 37.0 Å². The number of aromatic nitrogens is 1. The average Bonchev–Trinajstić information content (AvgIpc) is 2.70. The number of methoxy groups -OCH3 is 1. The fourth-order valence-electron chi connectivity index (χ4n) is 2.49. The monoisotopic (exact) mass is 349 g/mol. The first kappa shape index (κ1) is 17.4. The van der Waals surface area contributed by atoms with Crippen LogP contribution in [0.3, 0.4) is 0 Å². The highest BCUT2D eigenvalue weighted by atomic mass is 16.5. The number of fused-ring (bicyclic) bond motifs is 1. The number of carbonyl (C=O) groups excluding carboxylic acids is 2. The maximum absolute atomic E-state index is 12.2. The lowest BCUT2D eigenvalue weighted by atomic mass is 10.2. The van der Waals surface area contributed by atoms with E-state index in [0.717, 1.165) is 16.7 Å². The van der Waals surface area contributed by atoms with Gasteiger partial charge in [0.25, 0.3) is 11.8 Å². The van der Waals surface area contributed by atoms with Crippen LogP contribution in [0.1, 0.15) is 20.8 Å². The third-order valence-corrected chi connectivity index (χ3v) is 3.86. The first-order valence-electron chi connectivity index (χ1n) is 8.23. The van der Waals surface area contributed by atoms with E-state index >= 15 is 0 Å². The fraction of sp³-hybridized carbons (Fsp3) is 0.150. The van der Waals surface area contributed by atoms with E-state index in [9.17, 15) is 9.59 Å². The Morgan fingerprint density at radius 1 is 0.923 bits per heavy atom. The molecule has 0 radical (unpaired) electrons. The molecule has 2 aromatic carbocycles. The summed E-state index contributed by atoms with van der Waals surface area (Å²) >= 11 is 0. The van der Waals surface area contributed by atoms with Gasteiger partial charge in [0.1, 0.15) is 11.4 Å². The summed E-state index contributed by atoms with van der Waals surface area (Å²) < 4.78 is 5.18. The van der Waals surface area contributed by atoms with E-state index in [-0.39, 0.29) is 11.8 Å². The van der Waals surface area contributed by atoms with Crippen LogP contribution >= 0.6 is 0 Å². The zero-order chi connectivity index (χ0) is 18.4. The lowest BCUT2D eigenvalue weighted by Crippen LogP contribution is -2.35. The van der Waals surface area contributed by atoms with Crippen LogP contribution in [0.2, 0.25) is 0 Å². The molecule has 0 saturated carbocycles. The Balaban J connectivity index is 1.53. The SMILES string of the molecule is COc1ccc2nc(C(=O)NCCNC(=O)c3ccccc3)ccc2c1. The molecule has 0 unspecified atom stereocenters. The van der Waals surface area contributed by atoms with Crippen molar-refractivity contribution in [3.8, 4) is 5.75 Å². The van der Waals surface area contributed by atoms with Gasteiger partial charge in [0.15, 0.2) is 0 Å². The number of hydrogen-bond donors (Lipinski definition) is 2. The molecular weight excluding hydrogens is 330 g/mol. The van der Waals surface area contributed by atoms with Crippen molar-refractivity contribution in [1.29, 1.82) is 0 Å². The van der Waals surface area contributed by atoms with Crippen LogP contribution in [0.25, 0.3) is 10.9 Å². The Hall–Kier alpha value is -3.41. The summed E-state index contributed by atoms with van der Waals surface area (Å²) in [4.78, 5) is 28.5. The molecule has 3 aromatic rings. The maximum atomic E-state index is 12.2. The summed E-state index contributed by atoms with van der Waals surface area (Å²) in [5.74, 6) is 0.292. The summed E-state index contributed by atoms with van der Waals surface area (Å²) in [5, 5.41) is 6.41. The maximum Gasteiger partial charge on any atom is 0.269 e. The van der Waals surface area contributed by atoms with Crippen molar-refractivity contribution in [2.75, 3.05) is 20.2 Å². The number of nitrogens with zero attached hydrogens (tertiary/aromatic N) is 1. The molecule has 0 spiro atoms. The molecule has 3 rings (SSSR count). The predicted octanol–water partition coefficient (Wildman–Crippen LogP) is 2.40. The van der Waals surface area contributed by atoms with Gasteiger partial charge >= 0.3 is 0 Å². The van der Waals surface area contributed by atoms with Gasteiger partial charge in [-0.1, -0.05) is 24.3 Å². The average molecular weight is 349 g/mol. The van der Waals surface area contributed by atoms with E-state index in [1.54, 1.807) is 43.5 Å². The Labute approximate surface area is 151 Å². The number of rotatable bonds is 6. The number of hydrogen-bond acceptors (Lipinski definition) is 4. The molecule has 2 amide bonds. The number of carbonyl (C=O) groups is 2. The number of amides is 2. The number of pyridine rings is 1. The molecular formula is C20H19N3O3. The minimum atomic E-state index is -0.281. The molecule has 0 fully saturated rings. The van der Waals surface area contributed by atoms with Crippen LogP contribution in [0.4, 0.5) is 0 Å². The van der Waals surface area contributed by atoms with Crippen molar-refractivity contribution in [2.24, 2.45) is 0 Å². The molecule has 6 heteroatoms. The van der Waals surface area contributed by atoms with Gasteiger partial charge in [-0.15, -0.1) is 0 Å². The van der Waals surface area contributed by atoms with Gasteiger partial charge in [0.05, 0.1) is 12.6 Å². The minimum Gasteiger partial charge on any atom is -0.497 e. The van der Waals surface area contributed by atoms with Gasteiger partial charge in [0, 0.05) is 24.0 Å². The second-order valence-electron chi connectivity index (χ2n) is 5.63. The molecule has 0 aliphatic heterocycles. The highest BCUT2D eigenvalue weighted by molar-refractivity contribution is 5.95. The van der Waals surface area contributed by atoms with Crippen molar-refractivity contribution in [2.45, 2.75) is 0 Å². The fourth-order valence-corrected chi connectivity index (χ4v) is 2.49. The van der Waals surface area contributed by atoms with Crippen molar-refractivity contribution < 1.29 is 14.3 Å². The Bertz CT molecular complexity index is 926. The second-order valence-corrected chi connectivity index (χ2v) is 5.63. The van der Waals surface area contributed by atoms with Crippen LogP contribution < -0.4 is 15.4 Å². The summed E-state index contributed by atoms with van der Waals surface area (Å²) in [6, 6.07) is 17.9. The predicted molar refractivity (Wildman–Crippen MR) is 99.4 cm³/mol. The van der Waals surface area contributed by atoms with E-state index in [0.29, 0.717) is 24.3 Å². The van der Waals surface area contributed by atoms with E-state index in [1.165, 1.54) is 0 Å². The molecule has 6 nitrogen and oxygen atoms in total. The summed E-state index contributed by atoms with van der Waals surface area (Å²) in [6.07, 6.45) is 0.